The molecule has 4 rings (SSSR count). The SMILES string of the molecule is CCOC(=O)c1cn(-c2ccc(OC)cc2)cc2c(=O)n(-c3ccccc3)nc1-2. The zero-order valence-electron chi connectivity index (χ0n) is 16.0. The maximum absolute atomic E-state index is 13.1. The van der Waals surface area contributed by atoms with Crippen LogP contribution in [0.1, 0.15) is 17.3 Å². The molecular weight excluding hydrogens is 370 g/mol. The summed E-state index contributed by atoms with van der Waals surface area (Å²) >= 11 is 0. The third-order valence-electron chi connectivity index (χ3n) is 4.54. The van der Waals surface area contributed by atoms with Crippen LogP contribution in [0.2, 0.25) is 0 Å². The van der Waals surface area contributed by atoms with E-state index in [1.165, 1.54) is 4.68 Å². The molecule has 0 aromatic heterocycles. The first-order chi connectivity index (χ1) is 14.1. The zero-order chi connectivity index (χ0) is 20.4. The van der Waals surface area contributed by atoms with Gasteiger partial charge in [-0.05, 0) is 43.3 Å². The maximum atomic E-state index is 13.1. The Balaban J connectivity index is 1.94. The highest BCUT2D eigenvalue weighted by molar-refractivity contribution is 5.96. The van der Waals surface area contributed by atoms with Gasteiger partial charge >= 0.3 is 5.97 Å². The van der Waals surface area contributed by atoms with E-state index in [1.54, 1.807) is 43.1 Å². The van der Waals surface area contributed by atoms with Crippen LogP contribution in [0.3, 0.4) is 0 Å². The summed E-state index contributed by atoms with van der Waals surface area (Å²) in [4.78, 5) is 25.7. The minimum absolute atomic E-state index is 0.224. The molecule has 2 aromatic rings. The number of pyridine rings is 1. The van der Waals surface area contributed by atoms with Crippen LogP contribution in [0.25, 0.3) is 22.6 Å². The largest absolute Gasteiger partial charge is 0.497 e. The molecule has 0 bridgehead atoms. The molecule has 29 heavy (non-hydrogen) atoms. The first-order valence-corrected chi connectivity index (χ1v) is 9.14. The molecule has 2 aliphatic rings. The van der Waals surface area contributed by atoms with Crippen LogP contribution in [-0.4, -0.2) is 34.0 Å². The van der Waals surface area contributed by atoms with Gasteiger partial charge in [0, 0.05) is 18.1 Å². The number of hydrogen-bond donors (Lipinski definition) is 0. The summed E-state index contributed by atoms with van der Waals surface area (Å²) in [5, 5.41) is 4.42. The number of esters is 1. The van der Waals surface area contributed by atoms with Crippen LogP contribution in [-0.2, 0) is 4.74 Å². The van der Waals surface area contributed by atoms with E-state index in [0.717, 1.165) is 5.69 Å². The fourth-order valence-electron chi connectivity index (χ4n) is 3.11. The minimum atomic E-state index is -0.530. The van der Waals surface area contributed by atoms with E-state index in [-0.39, 0.29) is 17.7 Å². The van der Waals surface area contributed by atoms with Crippen molar-refractivity contribution in [2.24, 2.45) is 0 Å². The van der Waals surface area contributed by atoms with Crippen molar-refractivity contribution in [2.45, 2.75) is 6.92 Å². The lowest BCUT2D eigenvalue weighted by Gasteiger charge is -2.12. The van der Waals surface area contributed by atoms with E-state index in [4.69, 9.17) is 9.47 Å². The number of carbonyl (C=O) groups excluding carboxylic acids is 1. The Kier molecular flexibility index (Phi) is 4.87. The van der Waals surface area contributed by atoms with Crippen LogP contribution in [0.15, 0.2) is 71.8 Å². The van der Waals surface area contributed by atoms with Gasteiger partial charge in [0.15, 0.2) is 0 Å². The molecule has 0 N–H and O–H groups in total. The number of ether oxygens (including phenoxy) is 2. The molecule has 0 fully saturated rings. The van der Waals surface area contributed by atoms with Gasteiger partial charge in [-0.1, -0.05) is 18.2 Å². The number of fused-ring (bicyclic) bond motifs is 1. The van der Waals surface area contributed by atoms with E-state index >= 15 is 0 Å². The lowest BCUT2D eigenvalue weighted by atomic mass is 10.1. The van der Waals surface area contributed by atoms with Gasteiger partial charge in [0.1, 0.15) is 17.0 Å². The Morgan fingerprint density at radius 2 is 1.72 bits per heavy atom. The van der Waals surface area contributed by atoms with Crippen LogP contribution in [0.5, 0.6) is 5.75 Å². The number of carbonyl (C=O) groups is 1. The third kappa shape index (κ3) is 3.38. The van der Waals surface area contributed by atoms with Gasteiger partial charge in [-0.15, -0.1) is 0 Å². The molecule has 2 aliphatic heterocycles. The Labute approximate surface area is 167 Å². The van der Waals surface area contributed by atoms with Crippen LogP contribution < -0.4 is 10.3 Å². The van der Waals surface area contributed by atoms with Gasteiger partial charge in [-0.25, -0.2) is 4.79 Å². The van der Waals surface area contributed by atoms with Crippen molar-refractivity contribution in [3.8, 4) is 28.4 Å². The Hall–Kier alpha value is -3.87. The summed E-state index contributed by atoms with van der Waals surface area (Å²) in [5.41, 5.74) is 1.95. The number of rotatable bonds is 5. The van der Waals surface area contributed by atoms with Crippen molar-refractivity contribution in [3.05, 3.63) is 82.9 Å². The normalized spacial score (nSPS) is 10.8. The van der Waals surface area contributed by atoms with Gasteiger partial charge < -0.3 is 14.0 Å². The highest BCUT2D eigenvalue weighted by Crippen LogP contribution is 2.25. The lowest BCUT2D eigenvalue weighted by Crippen LogP contribution is -2.15. The molecule has 0 saturated heterocycles. The first-order valence-electron chi connectivity index (χ1n) is 9.14. The van der Waals surface area contributed by atoms with E-state index in [1.807, 2.05) is 42.5 Å². The standard InChI is InChI=1S/C22H19N3O4/c1-3-29-22(27)19-14-24(15-9-11-17(28-2)12-10-15)13-18-20(19)23-25(21(18)26)16-7-5-4-6-8-16/h4-14H,3H2,1-2H3. The van der Waals surface area contributed by atoms with Crippen LogP contribution in [0, 0.1) is 0 Å². The quantitative estimate of drug-likeness (QED) is 0.490. The molecule has 0 unspecified atom stereocenters. The molecule has 2 aromatic carbocycles. The number of para-hydroxylation sites is 1. The van der Waals surface area contributed by atoms with Crippen LogP contribution in [0.4, 0.5) is 0 Å². The average Bonchev–Trinajstić information content (AvgIpc) is 3.10. The number of benzene rings is 2. The second-order valence-electron chi connectivity index (χ2n) is 6.31. The number of methoxy groups -OCH3 is 1. The van der Waals surface area contributed by atoms with Crippen molar-refractivity contribution < 1.29 is 14.3 Å². The van der Waals surface area contributed by atoms with E-state index < -0.39 is 5.97 Å². The van der Waals surface area contributed by atoms with Gasteiger partial charge in [0.25, 0.3) is 5.56 Å². The smallest absolute Gasteiger partial charge is 0.341 e. The summed E-state index contributed by atoms with van der Waals surface area (Å²) in [6.07, 6.45) is 3.30. The first kappa shape index (κ1) is 18.5. The van der Waals surface area contributed by atoms with E-state index in [0.29, 0.717) is 22.7 Å². The monoisotopic (exact) mass is 389 g/mol. The van der Waals surface area contributed by atoms with Gasteiger partial charge in [0.2, 0.25) is 0 Å². The Bertz CT molecular complexity index is 1180. The maximum Gasteiger partial charge on any atom is 0.341 e. The molecule has 2 heterocycles. The number of nitrogens with zero attached hydrogens (tertiary/aromatic N) is 3. The molecule has 0 radical (unpaired) electrons. The Morgan fingerprint density at radius 3 is 2.38 bits per heavy atom. The molecule has 146 valence electrons. The fraction of sp³-hybridized carbons (Fsp3) is 0.136. The molecular formula is C22H19N3O4. The number of aromatic nitrogens is 3. The fourth-order valence-corrected chi connectivity index (χ4v) is 3.11. The van der Waals surface area contributed by atoms with Gasteiger partial charge in [0.05, 0.1) is 25.0 Å². The molecule has 7 nitrogen and oxygen atoms in total. The van der Waals surface area contributed by atoms with Crippen LogP contribution >= 0.6 is 0 Å². The lowest BCUT2D eigenvalue weighted by molar-refractivity contribution is 0.0526. The summed E-state index contributed by atoms with van der Waals surface area (Å²) in [7, 11) is 1.59. The predicted molar refractivity (Wildman–Crippen MR) is 108 cm³/mol. The molecule has 7 heteroatoms. The zero-order valence-corrected chi connectivity index (χ0v) is 16.0. The van der Waals surface area contributed by atoms with Gasteiger partial charge in [-0.3, -0.25) is 4.79 Å². The van der Waals surface area contributed by atoms with E-state index in [9.17, 15) is 9.59 Å². The summed E-state index contributed by atoms with van der Waals surface area (Å²) < 4.78 is 13.4. The average molecular weight is 389 g/mol. The molecule has 0 atom stereocenters. The second-order valence-corrected chi connectivity index (χ2v) is 6.31. The topological polar surface area (TPSA) is 75.3 Å². The van der Waals surface area contributed by atoms with Crippen molar-refractivity contribution in [1.82, 2.24) is 14.3 Å². The molecule has 0 saturated carbocycles. The Morgan fingerprint density at radius 1 is 1.00 bits per heavy atom. The molecule has 0 amide bonds. The summed E-state index contributed by atoms with van der Waals surface area (Å²) in [6.45, 7) is 1.96. The minimum Gasteiger partial charge on any atom is -0.497 e. The summed E-state index contributed by atoms with van der Waals surface area (Å²) in [6, 6.07) is 16.4. The highest BCUT2D eigenvalue weighted by Gasteiger charge is 2.25. The third-order valence-corrected chi connectivity index (χ3v) is 4.54. The molecule has 0 aliphatic carbocycles. The van der Waals surface area contributed by atoms with Crippen molar-refractivity contribution in [1.29, 1.82) is 0 Å². The number of hydrogen-bond acceptors (Lipinski definition) is 5. The highest BCUT2D eigenvalue weighted by atomic mass is 16.5. The second kappa shape index (κ2) is 7.63. The van der Waals surface area contributed by atoms with Gasteiger partial charge in [-0.2, -0.15) is 9.78 Å². The summed E-state index contributed by atoms with van der Waals surface area (Å²) in [5.74, 6) is 0.181. The predicted octanol–water partition coefficient (Wildman–Crippen LogP) is 3.31. The van der Waals surface area contributed by atoms with Crippen molar-refractivity contribution in [3.63, 3.8) is 0 Å². The van der Waals surface area contributed by atoms with Crippen molar-refractivity contribution >= 4 is 5.97 Å². The molecule has 0 spiro atoms. The van der Waals surface area contributed by atoms with E-state index in [2.05, 4.69) is 5.10 Å². The van der Waals surface area contributed by atoms with Crippen molar-refractivity contribution in [2.75, 3.05) is 13.7 Å².